The maximum absolute atomic E-state index is 11.4. The van der Waals surface area contributed by atoms with Crippen LogP contribution in [0.4, 0.5) is 0 Å². The first-order chi connectivity index (χ1) is 11.0. The van der Waals surface area contributed by atoms with Gasteiger partial charge in [-0.25, -0.2) is 0 Å². The standard InChI is InChI=1S/C17H22N2O4/c1-3-22-17(18)15(23-11(2)20)8-5-12-4-6-13-7-9-16(21)19-14(13)10-12/h4,6-7,9-10,15,17H,3,5,8,18H2,1-2H3,(H,19,21). The molecule has 2 aromatic rings. The van der Waals surface area contributed by atoms with Gasteiger partial charge in [-0.3, -0.25) is 9.59 Å². The van der Waals surface area contributed by atoms with Crippen molar-refractivity contribution in [2.75, 3.05) is 6.61 Å². The Labute approximate surface area is 134 Å². The Morgan fingerprint density at radius 2 is 2.04 bits per heavy atom. The van der Waals surface area contributed by atoms with E-state index < -0.39 is 12.3 Å². The lowest BCUT2D eigenvalue weighted by Gasteiger charge is -2.23. The van der Waals surface area contributed by atoms with Crippen molar-refractivity contribution in [3.63, 3.8) is 0 Å². The first-order valence-electron chi connectivity index (χ1n) is 7.66. The van der Waals surface area contributed by atoms with E-state index in [1.807, 2.05) is 25.1 Å². The quantitative estimate of drug-likeness (QED) is 0.599. The van der Waals surface area contributed by atoms with Crippen molar-refractivity contribution in [1.29, 1.82) is 0 Å². The van der Waals surface area contributed by atoms with Crippen LogP contribution in [0.1, 0.15) is 25.8 Å². The van der Waals surface area contributed by atoms with Crippen LogP contribution in [-0.2, 0) is 20.7 Å². The lowest BCUT2D eigenvalue weighted by molar-refractivity contribution is -0.155. The first kappa shape index (κ1) is 17.2. The van der Waals surface area contributed by atoms with Gasteiger partial charge in [0, 0.05) is 25.1 Å². The van der Waals surface area contributed by atoms with E-state index in [0.29, 0.717) is 19.4 Å². The van der Waals surface area contributed by atoms with Crippen molar-refractivity contribution in [2.45, 2.75) is 39.0 Å². The molecule has 2 rings (SSSR count). The number of carbonyl (C=O) groups excluding carboxylic acids is 1. The number of hydrogen-bond acceptors (Lipinski definition) is 5. The molecule has 0 amide bonds. The second-order valence-electron chi connectivity index (χ2n) is 5.35. The normalized spacial score (nSPS) is 13.7. The maximum Gasteiger partial charge on any atom is 0.303 e. The number of H-pyrrole nitrogens is 1. The Morgan fingerprint density at radius 3 is 2.74 bits per heavy atom. The minimum Gasteiger partial charge on any atom is -0.458 e. The fraction of sp³-hybridized carbons (Fsp3) is 0.412. The number of hydrogen-bond donors (Lipinski definition) is 2. The molecule has 0 aliphatic carbocycles. The summed E-state index contributed by atoms with van der Waals surface area (Å²) < 4.78 is 10.6. The smallest absolute Gasteiger partial charge is 0.303 e. The van der Waals surface area contributed by atoms with Crippen molar-refractivity contribution in [1.82, 2.24) is 4.98 Å². The van der Waals surface area contributed by atoms with Gasteiger partial charge in [0.2, 0.25) is 5.56 Å². The van der Waals surface area contributed by atoms with Gasteiger partial charge in [0.05, 0.1) is 0 Å². The second kappa shape index (κ2) is 7.89. The van der Waals surface area contributed by atoms with Crippen LogP contribution in [0.3, 0.4) is 0 Å². The third-order valence-corrected chi connectivity index (χ3v) is 3.55. The van der Waals surface area contributed by atoms with Crippen molar-refractivity contribution in [3.05, 3.63) is 46.2 Å². The second-order valence-corrected chi connectivity index (χ2v) is 5.35. The zero-order valence-corrected chi connectivity index (χ0v) is 13.4. The van der Waals surface area contributed by atoms with E-state index in [-0.39, 0.29) is 11.5 Å². The van der Waals surface area contributed by atoms with Gasteiger partial charge in [-0.05, 0) is 42.8 Å². The van der Waals surface area contributed by atoms with E-state index in [1.54, 1.807) is 6.07 Å². The Morgan fingerprint density at radius 1 is 1.30 bits per heavy atom. The van der Waals surface area contributed by atoms with Gasteiger partial charge in [0.1, 0.15) is 12.3 Å². The summed E-state index contributed by atoms with van der Waals surface area (Å²) in [6.45, 7) is 3.65. The molecule has 2 atom stereocenters. The minimum atomic E-state index is -0.649. The number of ether oxygens (including phenoxy) is 2. The topological polar surface area (TPSA) is 94.4 Å². The summed E-state index contributed by atoms with van der Waals surface area (Å²) in [5.74, 6) is -0.381. The number of aromatic nitrogens is 1. The van der Waals surface area contributed by atoms with Gasteiger partial charge >= 0.3 is 5.97 Å². The number of nitrogens with two attached hydrogens (primary N) is 1. The summed E-state index contributed by atoms with van der Waals surface area (Å²) in [5, 5.41) is 0.968. The van der Waals surface area contributed by atoms with Crippen LogP contribution < -0.4 is 11.3 Å². The van der Waals surface area contributed by atoms with Gasteiger partial charge in [0.15, 0.2) is 0 Å². The zero-order chi connectivity index (χ0) is 16.8. The highest BCUT2D eigenvalue weighted by Crippen LogP contribution is 2.16. The van der Waals surface area contributed by atoms with E-state index in [2.05, 4.69) is 4.98 Å². The molecule has 0 saturated heterocycles. The van der Waals surface area contributed by atoms with Crippen LogP contribution in [-0.4, -0.2) is 29.9 Å². The first-order valence-corrected chi connectivity index (χ1v) is 7.66. The molecule has 1 aromatic heterocycles. The van der Waals surface area contributed by atoms with Crippen LogP contribution in [0.15, 0.2) is 35.1 Å². The van der Waals surface area contributed by atoms with E-state index in [0.717, 1.165) is 16.5 Å². The van der Waals surface area contributed by atoms with Crippen molar-refractivity contribution in [3.8, 4) is 0 Å². The van der Waals surface area contributed by atoms with E-state index in [9.17, 15) is 9.59 Å². The molecule has 1 aromatic carbocycles. The number of pyridine rings is 1. The molecule has 0 aliphatic rings. The predicted molar refractivity (Wildman–Crippen MR) is 88.0 cm³/mol. The van der Waals surface area contributed by atoms with Crippen LogP contribution in [0, 0.1) is 0 Å². The summed E-state index contributed by atoms with van der Waals surface area (Å²) in [6, 6.07) is 9.14. The van der Waals surface area contributed by atoms with Crippen LogP contribution in [0.25, 0.3) is 10.9 Å². The molecule has 6 nitrogen and oxygen atoms in total. The highest BCUT2D eigenvalue weighted by Gasteiger charge is 2.21. The van der Waals surface area contributed by atoms with Crippen LogP contribution in [0.5, 0.6) is 0 Å². The fourth-order valence-electron chi connectivity index (χ4n) is 2.46. The maximum atomic E-state index is 11.4. The summed E-state index contributed by atoms with van der Waals surface area (Å²) in [4.78, 5) is 25.4. The van der Waals surface area contributed by atoms with Crippen molar-refractivity contribution >= 4 is 16.9 Å². The Kier molecular flexibility index (Phi) is 5.90. The molecule has 0 aliphatic heterocycles. The average molecular weight is 318 g/mol. The molecule has 0 spiro atoms. The highest BCUT2D eigenvalue weighted by atomic mass is 16.6. The molecule has 0 fully saturated rings. The number of carbonyl (C=O) groups is 1. The summed E-state index contributed by atoms with van der Waals surface area (Å²) in [7, 11) is 0. The monoisotopic (exact) mass is 318 g/mol. The Hall–Kier alpha value is -2.18. The van der Waals surface area contributed by atoms with Crippen molar-refractivity contribution < 1.29 is 14.3 Å². The molecule has 3 N–H and O–H groups in total. The largest absolute Gasteiger partial charge is 0.458 e. The fourth-order valence-corrected chi connectivity index (χ4v) is 2.46. The molecular formula is C17H22N2O4. The number of nitrogens with one attached hydrogen (secondary N) is 1. The predicted octanol–water partition coefficient (Wildman–Crippen LogP) is 1.71. The van der Waals surface area contributed by atoms with E-state index >= 15 is 0 Å². The van der Waals surface area contributed by atoms with E-state index in [1.165, 1.54) is 13.0 Å². The van der Waals surface area contributed by atoms with Gasteiger partial charge < -0.3 is 20.2 Å². The third-order valence-electron chi connectivity index (χ3n) is 3.55. The number of aryl methyl sites for hydroxylation is 1. The lowest BCUT2D eigenvalue weighted by Crippen LogP contribution is -2.40. The molecule has 1 heterocycles. The highest BCUT2D eigenvalue weighted by molar-refractivity contribution is 5.78. The van der Waals surface area contributed by atoms with Gasteiger partial charge in [0.25, 0.3) is 0 Å². The summed E-state index contributed by atoms with van der Waals surface area (Å²) in [6.07, 6.45) is 0.0525. The molecular weight excluding hydrogens is 296 g/mol. The summed E-state index contributed by atoms with van der Waals surface area (Å²) in [5.41, 5.74) is 7.58. The number of benzene rings is 1. The number of rotatable bonds is 7. The van der Waals surface area contributed by atoms with Gasteiger partial charge in [-0.1, -0.05) is 12.1 Å². The van der Waals surface area contributed by atoms with Gasteiger partial charge in [-0.15, -0.1) is 0 Å². The third kappa shape index (κ3) is 4.91. The molecule has 6 heteroatoms. The molecule has 23 heavy (non-hydrogen) atoms. The van der Waals surface area contributed by atoms with Crippen LogP contribution in [0.2, 0.25) is 0 Å². The number of esters is 1. The molecule has 124 valence electrons. The van der Waals surface area contributed by atoms with Crippen LogP contribution >= 0.6 is 0 Å². The number of fused-ring (bicyclic) bond motifs is 1. The molecule has 0 radical (unpaired) electrons. The average Bonchev–Trinajstić information content (AvgIpc) is 2.50. The van der Waals surface area contributed by atoms with E-state index in [4.69, 9.17) is 15.2 Å². The lowest BCUT2D eigenvalue weighted by atomic mass is 10.0. The summed E-state index contributed by atoms with van der Waals surface area (Å²) >= 11 is 0. The molecule has 0 saturated carbocycles. The minimum absolute atomic E-state index is 0.134. The zero-order valence-electron chi connectivity index (χ0n) is 13.4. The number of aromatic amines is 1. The Balaban J connectivity index is 2.10. The molecule has 0 bridgehead atoms. The van der Waals surface area contributed by atoms with Crippen molar-refractivity contribution in [2.24, 2.45) is 5.73 Å². The SMILES string of the molecule is CCOC(N)C(CCc1ccc2ccc(=O)[nH]c2c1)OC(C)=O. The Bertz CT molecular complexity index is 726. The molecule has 2 unspecified atom stereocenters. The van der Waals surface area contributed by atoms with Gasteiger partial charge in [-0.2, -0.15) is 0 Å².